The van der Waals surface area contributed by atoms with Gasteiger partial charge in [-0.2, -0.15) is 5.26 Å². The van der Waals surface area contributed by atoms with Crippen LogP contribution in [0.3, 0.4) is 0 Å². The zero-order valence-electron chi connectivity index (χ0n) is 13.6. The molecule has 3 rings (SSSR count). The van der Waals surface area contributed by atoms with Crippen LogP contribution in [-0.2, 0) is 14.3 Å². The maximum absolute atomic E-state index is 12.1. The van der Waals surface area contributed by atoms with Gasteiger partial charge in [0.05, 0.1) is 5.56 Å². The van der Waals surface area contributed by atoms with E-state index in [0.717, 1.165) is 6.08 Å². The molecular weight excluding hydrogens is 354 g/mol. The van der Waals surface area contributed by atoms with Crippen molar-refractivity contribution in [2.45, 2.75) is 13.0 Å². The van der Waals surface area contributed by atoms with E-state index in [1.165, 1.54) is 24.3 Å². The average molecular weight is 367 g/mol. The first-order valence-corrected chi connectivity index (χ1v) is 8.47. The van der Waals surface area contributed by atoms with Gasteiger partial charge in [-0.1, -0.05) is 12.1 Å². The maximum Gasteiger partial charge on any atom is 0.331 e. The fourth-order valence-electron chi connectivity index (χ4n) is 2.08. The second-order valence-corrected chi connectivity index (χ2v) is 6.11. The molecule has 2 aromatic heterocycles. The molecule has 0 saturated heterocycles. The number of nitriles is 1. The van der Waals surface area contributed by atoms with Gasteiger partial charge in [0, 0.05) is 12.2 Å². The van der Waals surface area contributed by atoms with E-state index >= 15 is 0 Å². The highest BCUT2D eigenvalue weighted by atomic mass is 32.1. The minimum Gasteiger partial charge on any atom is -0.449 e. The summed E-state index contributed by atoms with van der Waals surface area (Å²) in [4.78, 5) is 28.1. The lowest BCUT2D eigenvalue weighted by atomic mass is 10.3. The van der Waals surface area contributed by atoms with Crippen molar-refractivity contribution in [3.63, 3.8) is 0 Å². The third-order valence-electron chi connectivity index (χ3n) is 3.36. The second-order valence-electron chi connectivity index (χ2n) is 5.20. The second kappa shape index (κ2) is 7.63. The van der Waals surface area contributed by atoms with Crippen LogP contribution in [-0.4, -0.2) is 23.0 Å². The Kier molecular flexibility index (Phi) is 5.10. The molecule has 26 heavy (non-hydrogen) atoms. The monoisotopic (exact) mass is 367 g/mol. The maximum atomic E-state index is 12.1. The van der Waals surface area contributed by atoms with E-state index in [0.29, 0.717) is 21.7 Å². The highest BCUT2D eigenvalue weighted by Gasteiger charge is 2.18. The van der Waals surface area contributed by atoms with E-state index in [1.54, 1.807) is 23.6 Å². The van der Waals surface area contributed by atoms with Crippen molar-refractivity contribution in [3.8, 4) is 6.07 Å². The molecule has 0 radical (unpaired) electrons. The normalized spacial score (nSPS) is 12.0. The van der Waals surface area contributed by atoms with Crippen LogP contribution < -0.4 is 5.32 Å². The van der Waals surface area contributed by atoms with Crippen molar-refractivity contribution in [2.75, 3.05) is 5.32 Å². The summed E-state index contributed by atoms with van der Waals surface area (Å²) in [6.07, 6.45) is 1.49. The molecule has 130 valence electrons. The Bertz CT molecular complexity index is 995. The Morgan fingerprint density at radius 2 is 2.19 bits per heavy atom. The molecule has 1 aromatic carbocycles. The molecule has 0 bridgehead atoms. The number of nitrogens with one attached hydrogen (secondary N) is 1. The Hall–Kier alpha value is -3.44. The number of oxazole rings is 1. The van der Waals surface area contributed by atoms with E-state index in [2.05, 4.69) is 10.3 Å². The van der Waals surface area contributed by atoms with Gasteiger partial charge in [-0.3, -0.25) is 4.79 Å². The largest absolute Gasteiger partial charge is 0.449 e. The van der Waals surface area contributed by atoms with Gasteiger partial charge in [0.1, 0.15) is 16.6 Å². The molecule has 0 aliphatic rings. The van der Waals surface area contributed by atoms with Gasteiger partial charge in [0.25, 0.3) is 5.91 Å². The fourth-order valence-corrected chi connectivity index (χ4v) is 2.82. The molecule has 0 fully saturated rings. The standard InChI is InChI=1S/C18H13N3O4S/c1-11(17(23)21-18-12(10-19)8-9-26-18)24-16(22)7-6-15-20-13-4-2-3-5-14(13)25-15/h2-9,11H,1H3,(H,21,23)/b7-6+/t11-/m1/s1. The molecule has 8 heteroatoms. The summed E-state index contributed by atoms with van der Waals surface area (Å²) in [5, 5.41) is 13.6. The van der Waals surface area contributed by atoms with Crippen LogP contribution in [0.25, 0.3) is 17.2 Å². The highest BCUT2D eigenvalue weighted by Crippen LogP contribution is 2.22. The van der Waals surface area contributed by atoms with Crippen LogP contribution in [0.1, 0.15) is 18.4 Å². The number of carbonyl (C=O) groups excluding carboxylic acids is 2. The molecule has 0 aliphatic carbocycles. The zero-order valence-corrected chi connectivity index (χ0v) is 14.4. The highest BCUT2D eigenvalue weighted by molar-refractivity contribution is 7.14. The number of thiophene rings is 1. The molecule has 1 atom stereocenters. The van der Waals surface area contributed by atoms with Gasteiger partial charge in [0.15, 0.2) is 11.7 Å². The summed E-state index contributed by atoms with van der Waals surface area (Å²) in [5.41, 5.74) is 1.65. The number of rotatable bonds is 5. The Balaban J connectivity index is 1.58. The zero-order chi connectivity index (χ0) is 18.5. The Morgan fingerprint density at radius 3 is 2.96 bits per heavy atom. The quantitative estimate of drug-likeness (QED) is 0.548. The van der Waals surface area contributed by atoms with Gasteiger partial charge < -0.3 is 14.5 Å². The number of amides is 1. The number of hydrogen-bond acceptors (Lipinski definition) is 7. The van der Waals surface area contributed by atoms with Gasteiger partial charge in [-0.15, -0.1) is 11.3 Å². The third-order valence-corrected chi connectivity index (χ3v) is 4.19. The van der Waals surface area contributed by atoms with E-state index in [-0.39, 0.29) is 5.89 Å². The molecule has 7 nitrogen and oxygen atoms in total. The smallest absolute Gasteiger partial charge is 0.331 e. The van der Waals surface area contributed by atoms with Gasteiger partial charge in [-0.25, -0.2) is 9.78 Å². The molecule has 0 spiro atoms. The summed E-state index contributed by atoms with van der Waals surface area (Å²) in [6, 6.07) is 10.8. The summed E-state index contributed by atoms with van der Waals surface area (Å²) in [7, 11) is 0. The van der Waals surface area contributed by atoms with Crippen LogP contribution in [0.15, 0.2) is 46.2 Å². The Morgan fingerprint density at radius 1 is 1.38 bits per heavy atom. The number of para-hydroxylation sites is 2. The SMILES string of the molecule is C[C@@H](OC(=O)/C=C/c1nc2ccccc2o1)C(=O)Nc1sccc1C#N. The van der Waals surface area contributed by atoms with Crippen molar-refractivity contribution in [1.82, 2.24) is 4.98 Å². The lowest BCUT2D eigenvalue weighted by Crippen LogP contribution is -2.29. The van der Waals surface area contributed by atoms with E-state index in [9.17, 15) is 9.59 Å². The molecule has 1 amide bonds. The summed E-state index contributed by atoms with van der Waals surface area (Å²) >= 11 is 1.22. The predicted molar refractivity (Wildman–Crippen MR) is 96.3 cm³/mol. The van der Waals surface area contributed by atoms with Crippen LogP contribution >= 0.6 is 11.3 Å². The van der Waals surface area contributed by atoms with Crippen molar-refractivity contribution in [2.24, 2.45) is 0 Å². The number of esters is 1. The first kappa shape index (κ1) is 17.4. The number of carbonyl (C=O) groups is 2. The van der Waals surface area contributed by atoms with Gasteiger partial charge in [-0.05, 0) is 30.5 Å². The van der Waals surface area contributed by atoms with Crippen molar-refractivity contribution < 1.29 is 18.7 Å². The molecule has 2 heterocycles. The van der Waals surface area contributed by atoms with Crippen molar-refractivity contribution >= 4 is 45.4 Å². The lowest BCUT2D eigenvalue weighted by molar-refractivity contribution is -0.148. The molecular formula is C18H13N3O4S. The number of fused-ring (bicyclic) bond motifs is 1. The number of nitrogens with zero attached hydrogens (tertiary/aromatic N) is 2. The van der Waals surface area contributed by atoms with Gasteiger partial charge >= 0.3 is 5.97 Å². The predicted octanol–water partition coefficient (Wildman–Crippen LogP) is 3.34. The lowest BCUT2D eigenvalue weighted by Gasteiger charge is -2.11. The summed E-state index contributed by atoms with van der Waals surface area (Å²) in [5.74, 6) is -0.966. The minimum atomic E-state index is -1.02. The first-order valence-electron chi connectivity index (χ1n) is 7.59. The van der Waals surface area contributed by atoms with E-state index < -0.39 is 18.0 Å². The summed E-state index contributed by atoms with van der Waals surface area (Å²) < 4.78 is 10.5. The number of ether oxygens (including phenoxy) is 1. The van der Waals surface area contributed by atoms with E-state index in [4.69, 9.17) is 14.4 Å². The number of anilines is 1. The van der Waals surface area contributed by atoms with Crippen molar-refractivity contribution in [3.05, 3.63) is 53.2 Å². The number of aromatic nitrogens is 1. The molecule has 1 N–H and O–H groups in total. The number of hydrogen-bond donors (Lipinski definition) is 1. The molecule has 0 unspecified atom stereocenters. The van der Waals surface area contributed by atoms with Gasteiger partial charge in [0.2, 0.25) is 5.89 Å². The third kappa shape index (κ3) is 3.96. The summed E-state index contributed by atoms with van der Waals surface area (Å²) in [6.45, 7) is 1.44. The fraction of sp³-hybridized carbons (Fsp3) is 0.111. The van der Waals surface area contributed by atoms with Crippen LogP contribution in [0.2, 0.25) is 0 Å². The molecule has 3 aromatic rings. The average Bonchev–Trinajstić information content (AvgIpc) is 3.25. The van der Waals surface area contributed by atoms with Crippen LogP contribution in [0, 0.1) is 11.3 Å². The Labute approximate surface area is 152 Å². The van der Waals surface area contributed by atoms with Crippen LogP contribution in [0.5, 0.6) is 0 Å². The topological polar surface area (TPSA) is 105 Å². The molecule has 0 saturated carbocycles. The number of benzene rings is 1. The minimum absolute atomic E-state index is 0.262. The molecule has 0 aliphatic heterocycles. The van der Waals surface area contributed by atoms with Crippen LogP contribution in [0.4, 0.5) is 5.00 Å². The first-order chi connectivity index (χ1) is 12.6. The van der Waals surface area contributed by atoms with Crippen molar-refractivity contribution in [1.29, 1.82) is 5.26 Å². The van der Waals surface area contributed by atoms with E-state index in [1.807, 2.05) is 18.2 Å².